The van der Waals surface area contributed by atoms with E-state index < -0.39 is 9.84 Å². The van der Waals surface area contributed by atoms with E-state index in [1.54, 1.807) is 18.3 Å². The number of hydrogen-bond donors (Lipinski definition) is 1. The molecule has 2 heterocycles. The second-order valence-corrected chi connectivity index (χ2v) is 10.4. The molecule has 27 heavy (non-hydrogen) atoms. The number of rotatable bonds is 5. The van der Waals surface area contributed by atoms with Crippen LogP contribution in [-0.2, 0) is 22.3 Å². The second-order valence-electron chi connectivity index (χ2n) is 8.25. The Morgan fingerprint density at radius 3 is 2.52 bits per heavy atom. The van der Waals surface area contributed by atoms with Crippen molar-refractivity contribution in [1.82, 2.24) is 19.8 Å². The van der Waals surface area contributed by atoms with Crippen molar-refractivity contribution in [2.75, 3.05) is 31.9 Å². The zero-order valence-corrected chi connectivity index (χ0v) is 17.5. The van der Waals surface area contributed by atoms with Crippen molar-refractivity contribution in [3.63, 3.8) is 0 Å². The van der Waals surface area contributed by atoms with Crippen LogP contribution in [0.15, 0.2) is 41.6 Å². The quantitative estimate of drug-likeness (QED) is 0.847. The summed E-state index contributed by atoms with van der Waals surface area (Å²) in [5, 5.41) is 3.39. The number of imidazole rings is 1. The van der Waals surface area contributed by atoms with E-state index in [1.807, 2.05) is 29.9 Å². The molecule has 148 valence electrons. The number of nitrogens with zero attached hydrogens (tertiary/aromatic N) is 3. The van der Waals surface area contributed by atoms with Gasteiger partial charge >= 0.3 is 0 Å². The highest BCUT2D eigenvalue weighted by Crippen LogP contribution is 2.25. The molecule has 0 radical (unpaired) electrons. The number of benzene rings is 1. The average molecular weight is 391 g/mol. The van der Waals surface area contributed by atoms with Gasteiger partial charge in [0.1, 0.15) is 5.82 Å². The Labute approximate surface area is 162 Å². The van der Waals surface area contributed by atoms with E-state index in [-0.39, 0.29) is 17.2 Å². The van der Waals surface area contributed by atoms with Gasteiger partial charge < -0.3 is 9.88 Å². The van der Waals surface area contributed by atoms with Crippen LogP contribution in [-0.4, -0.2) is 54.8 Å². The molecule has 1 N–H and O–H groups in total. The fraction of sp³-hybridized carbons (Fsp3) is 0.550. The monoisotopic (exact) mass is 390 g/mol. The normalized spacial score (nSPS) is 19.3. The first kappa shape index (κ1) is 20.0. The van der Waals surface area contributed by atoms with Crippen molar-refractivity contribution in [2.24, 2.45) is 7.05 Å². The molecule has 0 amide bonds. The van der Waals surface area contributed by atoms with Crippen molar-refractivity contribution in [3.05, 3.63) is 48.0 Å². The van der Waals surface area contributed by atoms with Crippen LogP contribution >= 0.6 is 0 Å². The topological polar surface area (TPSA) is 67.2 Å². The lowest BCUT2D eigenvalue weighted by atomic mass is 9.87. The Balaban J connectivity index is 1.71. The largest absolute Gasteiger partial charge is 0.337 e. The van der Waals surface area contributed by atoms with Gasteiger partial charge in [-0.05, 0) is 23.1 Å². The van der Waals surface area contributed by atoms with Gasteiger partial charge in [0.2, 0.25) is 0 Å². The van der Waals surface area contributed by atoms with Crippen LogP contribution in [0.4, 0.5) is 0 Å². The summed E-state index contributed by atoms with van der Waals surface area (Å²) in [6.07, 6.45) is 3.71. The van der Waals surface area contributed by atoms with E-state index in [4.69, 9.17) is 0 Å². The van der Waals surface area contributed by atoms with Gasteiger partial charge in [-0.2, -0.15) is 0 Å². The Bertz CT molecular complexity index is 866. The van der Waals surface area contributed by atoms with Gasteiger partial charge in [0.15, 0.2) is 9.84 Å². The van der Waals surface area contributed by atoms with Crippen LogP contribution in [0.5, 0.6) is 0 Å². The lowest BCUT2D eigenvalue weighted by Crippen LogP contribution is -2.48. The summed E-state index contributed by atoms with van der Waals surface area (Å²) < 4.78 is 27.7. The summed E-state index contributed by atoms with van der Waals surface area (Å²) in [7, 11) is -1.34. The predicted octanol–water partition coefficient (Wildman–Crippen LogP) is 2.14. The standard InChI is InChI=1S/C20H30N4O2S/c1-20(2,3)16-5-7-17(8-6-16)27(25,26)14-13-24-12-9-21-15-18(24)19-22-10-11-23(19)4/h5-8,10-11,18,21H,9,12-15H2,1-4H3. The molecule has 3 rings (SSSR count). The maximum atomic E-state index is 12.8. The highest BCUT2D eigenvalue weighted by molar-refractivity contribution is 7.91. The van der Waals surface area contributed by atoms with E-state index in [9.17, 15) is 8.42 Å². The number of nitrogens with one attached hydrogen (secondary N) is 1. The van der Waals surface area contributed by atoms with E-state index >= 15 is 0 Å². The molecule has 0 saturated carbocycles. The van der Waals surface area contributed by atoms with E-state index in [0.29, 0.717) is 11.4 Å². The third kappa shape index (κ3) is 4.59. The molecule has 7 heteroatoms. The van der Waals surface area contributed by atoms with Crippen LogP contribution in [0, 0.1) is 0 Å². The van der Waals surface area contributed by atoms with Crippen molar-refractivity contribution >= 4 is 9.84 Å². The summed E-state index contributed by atoms with van der Waals surface area (Å²) in [5.41, 5.74) is 1.15. The highest BCUT2D eigenvalue weighted by Gasteiger charge is 2.28. The molecule has 0 aliphatic carbocycles. The first-order chi connectivity index (χ1) is 12.7. The van der Waals surface area contributed by atoms with Crippen LogP contribution in [0.3, 0.4) is 0 Å². The van der Waals surface area contributed by atoms with E-state index in [2.05, 4.69) is 36.0 Å². The summed E-state index contributed by atoms with van der Waals surface area (Å²) in [6, 6.07) is 7.42. The Morgan fingerprint density at radius 1 is 1.22 bits per heavy atom. The third-order valence-corrected chi connectivity index (χ3v) is 6.95. The molecule has 1 saturated heterocycles. The minimum atomic E-state index is -3.31. The molecule has 1 aromatic carbocycles. The predicted molar refractivity (Wildman–Crippen MR) is 108 cm³/mol. The molecule has 1 aliphatic heterocycles. The van der Waals surface area contributed by atoms with Gasteiger partial charge in [0.25, 0.3) is 0 Å². The van der Waals surface area contributed by atoms with Gasteiger partial charge in [-0.3, -0.25) is 4.90 Å². The zero-order chi connectivity index (χ0) is 19.7. The number of sulfone groups is 1. The van der Waals surface area contributed by atoms with Crippen molar-refractivity contribution in [3.8, 4) is 0 Å². The molecule has 0 spiro atoms. The molecule has 1 fully saturated rings. The summed E-state index contributed by atoms with van der Waals surface area (Å²) in [4.78, 5) is 7.08. The number of aryl methyl sites for hydroxylation is 1. The summed E-state index contributed by atoms with van der Waals surface area (Å²) in [6.45, 7) is 9.33. The summed E-state index contributed by atoms with van der Waals surface area (Å²) >= 11 is 0. The molecule has 2 aromatic rings. The van der Waals surface area contributed by atoms with Crippen LogP contribution in [0.2, 0.25) is 0 Å². The van der Waals surface area contributed by atoms with E-state index in [0.717, 1.165) is 31.0 Å². The molecular weight excluding hydrogens is 360 g/mol. The van der Waals surface area contributed by atoms with E-state index in [1.165, 1.54) is 0 Å². The lowest BCUT2D eigenvalue weighted by molar-refractivity contribution is 0.162. The fourth-order valence-corrected chi connectivity index (χ4v) is 4.75. The number of aromatic nitrogens is 2. The van der Waals surface area contributed by atoms with Gasteiger partial charge in [-0.1, -0.05) is 32.9 Å². The maximum Gasteiger partial charge on any atom is 0.179 e. The molecule has 1 aliphatic rings. The molecule has 1 aromatic heterocycles. The average Bonchev–Trinajstić information content (AvgIpc) is 3.05. The Hall–Kier alpha value is -1.70. The van der Waals surface area contributed by atoms with Gasteiger partial charge in [0, 0.05) is 45.6 Å². The minimum absolute atomic E-state index is 0.0123. The number of piperazine rings is 1. The van der Waals surface area contributed by atoms with Crippen LogP contribution in [0.25, 0.3) is 0 Å². The van der Waals surface area contributed by atoms with Gasteiger partial charge in [-0.15, -0.1) is 0 Å². The Morgan fingerprint density at radius 2 is 1.93 bits per heavy atom. The third-order valence-electron chi connectivity index (χ3n) is 5.24. The molecule has 0 bridgehead atoms. The first-order valence-electron chi connectivity index (χ1n) is 9.44. The van der Waals surface area contributed by atoms with Crippen molar-refractivity contribution < 1.29 is 8.42 Å². The Kier molecular flexibility index (Phi) is 5.74. The maximum absolute atomic E-state index is 12.8. The highest BCUT2D eigenvalue weighted by atomic mass is 32.2. The molecule has 1 atom stereocenters. The lowest BCUT2D eigenvalue weighted by Gasteiger charge is -2.35. The van der Waals surface area contributed by atoms with Gasteiger partial charge in [0.05, 0.1) is 16.7 Å². The molecule has 6 nitrogen and oxygen atoms in total. The SMILES string of the molecule is Cn1ccnc1C1CNCCN1CCS(=O)(=O)c1ccc(C(C)(C)C)cc1. The fourth-order valence-electron chi connectivity index (χ4n) is 3.48. The summed E-state index contributed by atoms with van der Waals surface area (Å²) in [5.74, 6) is 1.08. The van der Waals surface area contributed by atoms with Gasteiger partial charge in [-0.25, -0.2) is 13.4 Å². The number of hydrogen-bond acceptors (Lipinski definition) is 5. The van der Waals surface area contributed by atoms with Crippen LogP contribution < -0.4 is 5.32 Å². The minimum Gasteiger partial charge on any atom is -0.337 e. The van der Waals surface area contributed by atoms with Crippen molar-refractivity contribution in [1.29, 1.82) is 0 Å². The zero-order valence-electron chi connectivity index (χ0n) is 16.6. The smallest absolute Gasteiger partial charge is 0.179 e. The van der Waals surface area contributed by atoms with Crippen LogP contribution in [0.1, 0.15) is 38.2 Å². The van der Waals surface area contributed by atoms with Crippen molar-refractivity contribution in [2.45, 2.75) is 37.1 Å². The first-order valence-corrected chi connectivity index (χ1v) is 11.1. The molecular formula is C20H30N4O2S. The molecule has 1 unspecified atom stereocenters. The second kappa shape index (κ2) is 7.73.